The number of aromatic nitrogens is 1. The number of halogens is 3. The number of aromatic hydroxyl groups is 1. The van der Waals surface area contributed by atoms with Gasteiger partial charge in [-0.05, 0) is 56.7 Å². The predicted octanol–water partition coefficient (Wildman–Crippen LogP) is 3.83. The van der Waals surface area contributed by atoms with E-state index in [1.165, 1.54) is 13.0 Å². The number of phenols is 1. The minimum atomic E-state index is -1.19. The quantitative estimate of drug-likeness (QED) is 0.694. The Hall–Kier alpha value is -3.29. The van der Waals surface area contributed by atoms with Crippen molar-refractivity contribution in [3.05, 3.63) is 64.6 Å². The van der Waals surface area contributed by atoms with Crippen LogP contribution in [0.1, 0.15) is 35.5 Å². The molecule has 1 aromatic heterocycles. The number of nitrogens with zero attached hydrogens (tertiary/aromatic N) is 1. The van der Waals surface area contributed by atoms with Crippen molar-refractivity contribution in [1.29, 1.82) is 0 Å². The fraction of sp³-hybridized carbons (Fsp3) is 0.238. The molecule has 2 aromatic carbocycles. The molecule has 3 aromatic rings. The van der Waals surface area contributed by atoms with E-state index in [-0.39, 0.29) is 46.1 Å². The topological polar surface area (TPSA) is 71.3 Å². The van der Waals surface area contributed by atoms with Crippen LogP contribution in [-0.4, -0.2) is 27.5 Å². The lowest BCUT2D eigenvalue weighted by atomic mass is 10.1. The van der Waals surface area contributed by atoms with E-state index in [1.807, 2.05) is 0 Å². The zero-order valence-electron chi connectivity index (χ0n) is 16.0. The van der Waals surface area contributed by atoms with Crippen LogP contribution in [0.5, 0.6) is 5.75 Å². The van der Waals surface area contributed by atoms with Gasteiger partial charge in [-0.3, -0.25) is 14.2 Å². The largest absolute Gasteiger partial charge is 0.505 e. The molecule has 0 unspecified atom stereocenters. The molecule has 0 aliphatic rings. The first-order chi connectivity index (χ1) is 13.6. The van der Waals surface area contributed by atoms with Crippen molar-refractivity contribution in [3.63, 3.8) is 0 Å². The van der Waals surface area contributed by atoms with Crippen molar-refractivity contribution in [2.45, 2.75) is 33.2 Å². The molecule has 2 N–H and O–H groups in total. The van der Waals surface area contributed by atoms with E-state index in [4.69, 9.17) is 0 Å². The molecule has 0 bridgehead atoms. The standard InChI is InChI=1S/C21H19F3N2O3/c1-10(2)25-18(28)9-13-11(3)26(16-6-7-17(27)20(24)19(13)16)21(29)12-4-5-14(22)15(23)8-12/h4-8,10,27H,9H2,1-3H3,(H,25,28). The number of fused-ring (bicyclic) bond motifs is 1. The molecule has 152 valence electrons. The van der Waals surface area contributed by atoms with Gasteiger partial charge in [0.25, 0.3) is 5.91 Å². The van der Waals surface area contributed by atoms with Gasteiger partial charge in [0.1, 0.15) is 0 Å². The van der Waals surface area contributed by atoms with Crippen LogP contribution in [0.25, 0.3) is 10.9 Å². The Morgan fingerprint density at radius 3 is 2.41 bits per heavy atom. The zero-order valence-corrected chi connectivity index (χ0v) is 16.0. The first-order valence-electron chi connectivity index (χ1n) is 8.92. The summed E-state index contributed by atoms with van der Waals surface area (Å²) in [7, 11) is 0. The number of carbonyl (C=O) groups is 2. The summed E-state index contributed by atoms with van der Waals surface area (Å²) in [5.74, 6) is -4.98. The smallest absolute Gasteiger partial charge is 0.262 e. The molecule has 1 heterocycles. The number of hydrogen-bond donors (Lipinski definition) is 2. The van der Waals surface area contributed by atoms with E-state index in [0.29, 0.717) is 0 Å². The number of rotatable bonds is 4. The van der Waals surface area contributed by atoms with E-state index in [0.717, 1.165) is 28.8 Å². The molecule has 0 saturated heterocycles. The highest BCUT2D eigenvalue weighted by atomic mass is 19.2. The molecule has 0 saturated carbocycles. The van der Waals surface area contributed by atoms with Crippen LogP contribution in [0.4, 0.5) is 13.2 Å². The highest BCUT2D eigenvalue weighted by molar-refractivity contribution is 6.05. The second-order valence-electron chi connectivity index (χ2n) is 7.03. The molecule has 5 nitrogen and oxygen atoms in total. The molecule has 0 radical (unpaired) electrons. The normalized spacial score (nSPS) is 11.3. The van der Waals surface area contributed by atoms with E-state index in [1.54, 1.807) is 13.8 Å². The van der Waals surface area contributed by atoms with Crippen LogP contribution in [0.15, 0.2) is 30.3 Å². The molecule has 1 amide bonds. The molecule has 0 fully saturated rings. The number of hydrogen-bond acceptors (Lipinski definition) is 3. The summed E-state index contributed by atoms with van der Waals surface area (Å²) in [6.07, 6.45) is -0.223. The lowest BCUT2D eigenvalue weighted by molar-refractivity contribution is -0.120. The molecule has 29 heavy (non-hydrogen) atoms. The van der Waals surface area contributed by atoms with Crippen LogP contribution in [0.3, 0.4) is 0 Å². The van der Waals surface area contributed by atoms with Crippen molar-refractivity contribution in [2.24, 2.45) is 0 Å². The van der Waals surface area contributed by atoms with Crippen LogP contribution in [0.2, 0.25) is 0 Å². The van der Waals surface area contributed by atoms with E-state index in [2.05, 4.69) is 5.32 Å². The van der Waals surface area contributed by atoms with E-state index < -0.39 is 29.1 Å². The average molecular weight is 404 g/mol. The Morgan fingerprint density at radius 2 is 1.79 bits per heavy atom. The summed E-state index contributed by atoms with van der Waals surface area (Å²) in [4.78, 5) is 25.3. The van der Waals surface area contributed by atoms with Gasteiger partial charge in [0.05, 0.1) is 11.9 Å². The summed E-state index contributed by atoms with van der Waals surface area (Å²) in [6, 6.07) is 4.98. The highest BCUT2D eigenvalue weighted by Gasteiger charge is 2.25. The van der Waals surface area contributed by atoms with Crippen LogP contribution >= 0.6 is 0 Å². The minimum Gasteiger partial charge on any atom is -0.505 e. The minimum absolute atomic E-state index is 0.0719. The maximum Gasteiger partial charge on any atom is 0.262 e. The molecule has 8 heteroatoms. The summed E-state index contributed by atoms with van der Waals surface area (Å²) < 4.78 is 42.7. The van der Waals surface area contributed by atoms with Crippen LogP contribution < -0.4 is 5.32 Å². The van der Waals surface area contributed by atoms with Crippen molar-refractivity contribution >= 4 is 22.7 Å². The predicted molar refractivity (Wildman–Crippen MR) is 101 cm³/mol. The monoisotopic (exact) mass is 404 g/mol. The lowest BCUT2D eigenvalue weighted by Gasteiger charge is -2.09. The SMILES string of the molecule is Cc1c(CC(=O)NC(C)C)c2c(F)c(O)ccc2n1C(=O)c1ccc(F)c(F)c1. The second-order valence-corrected chi connectivity index (χ2v) is 7.03. The Balaban J connectivity index is 2.21. The highest BCUT2D eigenvalue weighted by Crippen LogP contribution is 2.33. The Kier molecular flexibility index (Phi) is 5.37. The third kappa shape index (κ3) is 3.70. The van der Waals surface area contributed by atoms with Crippen molar-refractivity contribution in [1.82, 2.24) is 9.88 Å². The van der Waals surface area contributed by atoms with Crippen molar-refractivity contribution in [3.8, 4) is 5.75 Å². The molecule has 0 aliphatic carbocycles. The second kappa shape index (κ2) is 7.62. The zero-order chi connectivity index (χ0) is 21.5. The summed E-state index contributed by atoms with van der Waals surface area (Å²) in [6.45, 7) is 5.06. The van der Waals surface area contributed by atoms with E-state index in [9.17, 15) is 27.9 Å². The van der Waals surface area contributed by atoms with Crippen molar-refractivity contribution < 1.29 is 27.9 Å². The van der Waals surface area contributed by atoms with Crippen LogP contribution in [0, 0.1) is 24.4 Å². The molecule has 0 aliphatic heterocycles. The maximum absolute atomic E-state index is 14.7. The number of nitrogens with one attached hydrogen (secondary N) is 1. The molecule has 3 rings (SSSR count). The van der Waals surface area contributed by atoms with Gasteiger partial charge in [-0.2, -0.15) is 0 Å². The number of benzene rings is 2. The van der Waals surface area contributed by atoms with Gasteiger partial charge in [-0.15, -0.1) is 0 Å². The summed E-state index contributed by atoms with van der Waals surface area (Å²) >= 11 is 0. The first-order valence-corrected chi connectivity index (χ1v) is 8.92. The Bertz CT molecular complexity index is 1140. The number of amides is 1. The maximum atomic E-state index is 14.7. The third-order valence-electron chi connectivity index (χ3n) is 4.57. The van der Waals surface area contributed by atoms with Gasteiger partial charge in [0.15, 0.2) is 23.2 Å². The molecular formula is C21H19F3N2O3. The van der Waals surface area contributed by atoms with Gasteiger partial charge in [0, 0.05) is 22.7 Å². The fourth-order valence-corrected chi connectivity index (χ4v) is 3.29. The Morgan fingerprint density at radius 1 is 1.10 bits per heavy atom. The first kappa shape index (κ1) is 20.4. The molecule has 0 atom stereocenters. The van der Waals surface area contributed by atoms with Gasteiger partial charge < -0.3 is 10.4 Å². The third-order valence-corrected chi connectivity index (χ3v) is 4.57. The average Bonchev–Trinajstić information content (AvgIpc) is 2.91. The van der Waals surface area contributed by atoms with Gasteiger partial charge in [0.2, 0.25) is 5.91 Å². The molecular weight excluding hydrogens is 385 g/mol. The Labute approximate surface area is 164 Å². The van der Waals surface area contributed by atoms with Gasteiger partial charge in [-0.1, -0.05) is 0 Å². The summed E-state index contributed by atoms with van der Waals surface area (Å²) in [5, 5.41) is 12.4. The number of phenolic OH excluding ortho intramolecular Hbond substituents is 1. The van der Waals surface area contributed by atoms with Gasteiger partial charge in [-0.25, -0.2) is 13.2 Å². The van der Waals surface area contributed by atoms with Gasteiger partial charge >= 0.3 is 0 Å². The fourth-order valence-electron chi connectivity index (χ4n) is 3.29. The van der Waals surface area contributed by atoms with Crippen molar-refractivity contribution in [2.75, 3.05) is 0 Å². The summed E-state index contributed by atoms with van der Waals surface area (Å²) in [5.41, 5.74) is 0.455. The van der Waals surface area contributed by atoms with E-state index >= 15 is 0 Å². The number of carbonyl (C=O) groups excluding carboxylic acids is 2. The lowest BCUT2D eigenvalue weighted by Crippen LogP contribution is -2.31. The molecule has 0 spiro atoms. The van der Waals surface area contributed by atoms with Crippen LogP contribution in [-0.2, 0) is 11.2 Å².